The molecule has 0 bridgehead atoms. The third-order valence-electron chi connectivity index (χ3n) is 7.38. The summed E-state index contributed by atoms with van der Waals surface area (Å²) >= 11 is 0. The van der Waals surface area contributed by atoms with Gasteiger partial charge in [0.25, 0.3) is 0 Å². The average molecular weight is 559 g/mol. The van der Waals surface area contributed by atoms with E-state index in [0.717, 1.165) is 12.8 Å². The van der Waals surface area contributed by atoms with Gasteiger partial charge in [-0.1, -0.05) is 19.8 Å². The van der Waals surface area contributed by atoms with E-state index in [1.54, 1.807) is 0 Å². The van der Waals surface area contributed by atoms with Crippen LogP contribution < -0.4 is 9.47 Å². The fraction of sp³-hybridized carbons (Fsp3) is 0.483. The highest BCUT2D eigenvalue weighted by Gasteiger charge is 2.45. The molecule has 0 unspecified atom stereocenters. The van der Waals surface area contributed by atoms with Crippen molar-refractivity contribution in [3.05, 3.63) is 51.1 Å². The van der Waals surface area contributed by atoms with Gasteiger partial charge in [-0.3, -0.25) is 14.4 Å². The van der Waals surface area contributed by atoms with Crippen molar-refractivity contribution in [2.24, 2.45) is 0 Å². The van der Waals surface area contributed by atoms with Crippen LogP contribution in [0.25, 0.3) is 0 Å². The maximum absolute atomic E-state index is 14.0. The zero-order valence-electron chi connectivity index (χ0n) is 22.8. The Morgan fingerprint density at radius 3 is 2.33 bits per heavy atom. The van der Waals surface area contributed by atoms with E-state index >= 15 is 0 Å². The van der Waals surface area contributed by atoms with Gasteiger partial charge in [0.05, 0.1) is 18.3 Å². The highest BCUT2D eigenvalue weighted by atomic mass is 16.7. The number of ether oxygens (including phenoxy) is 3. The molecule has 0 amide bonds. The molecule has 5 atom stereocenters. The molecule has 1 heterocycles. The van der Waals surface area contributed by atoms with E-state index in [2.05, 4.69) is 0 Å². The summed E-state index contributed by atoms with van der Waals surface area (Å²) in [6, 6.07) is 2.54. The summed E-state index contributed by atoms with van der Waals surface area (Å²) in [7, 11) is 0. The van der Waals surface area contributed by atoms with Crippen molar-refractivity contribution >= 4 is 17.5 Å². The van der Waals surface area contributed by atoms with Crippen LogP contribution in [0.2, 0.25) is 0 Å². The minimum atomic E-state index is -1.65. The number of aliphatic hydroxyl groups excluding tert-OH is 4. The van der Waals surface area contributed by atoms with Gasteiger partial charge in [-0.15, -0.1) is 0 Å². The van der Waals surface area contributed by atoms with E-state index in [-0.39, 0.29) is 51.3 Å². The number of hydrogen-bond acceptors (Lipinski definition) is 11. The first-order valence-electron chi connectivity index (χ1n) is 13.2. The molecule has 2 aliphatic rings. The second-order valence-corrected chi connectivity index (χ2v) is 10.2. The van der Waals surface area contributed by atoms with Crippen LogP contribution in [0.5, 0.6) is 17.2 Å². The summed E-state index contributed by atoms with van der Waals surface area (Å²) < 4.78 is 16.7. The zero-order chi connectivity index (χ0) is 29.5. The average Bonchev–Trinajstić information content (AvgIpc) is 2.91. The zero-order valence-corrected chi connectivity index (χ0v) is 22.8. The SMILES string of the molecule is CCCCCc1c(O[C@H]2O[C@@H](C)[C@@H](O)[C@@H](O)[C@H]2O)c(C)c(O)c2c1C(=O)c1cc(OC(C)=O)cc(CO)c1C2=O. The van der Waals surface area contributed by atoms with E-state index < -0.39 is 60.6 Å². The number of unbranched alkanes of at least 4 members (excludes halogenated alkanes) is 2. The lowest BCUT2D eigenvalue weighted by atomic mass is 9.77. The van der Waals surface area contributed by atoms with Crippen LogP contribution >= 0.6 is 0 Å². The van der Waals surface area contributed by atoms with E-state index in [0.29, 0.717) is 12.0 Å². The van der Waals surface area contributed by atoms with Gasteiger partial charge in [0, 0.05) is 34.7 Å². The molecule has 1 aliphatic heterocycles. The van der Waals surface area contributed by atoms with Crippen molar-refractivity contribution in [1.29, 1.82) is 0 Å². The van der Waals surface area contributed by atoms with Crippen LogP contribution in [0.3, 0.4) is 0 Å². The minimum Gasteiger partial charge on any atom is -0.507 e. The van der Waals surface area contributed by atoms with E-state index in [4.69, 9.17) is 14.2 Å². The van der Waals surface area contributed by atoms with Gasteiger partial charge in [0.2, 0.25) is 6.29 Å². The number of aliphatic hydroxyl groups is 4. The lowest BCUT2D eigenvalue weighted by Gasteiger charge is -2.39. The molecule has 2 aromatic carbocycles. The third kappa shape index (κ3) is 5.11. The molecule has 0 radical (unpaired) electrons. The van der Waals surface area contributed by atoms with Crippen molar-refractivity contribution in [2.45, 2.75) is 90.7 Å². The smallest absolute Gasteiger partial charge is 0.308 e. The van der Waals surface area contributed by atoms with Crippen LogP contribution in [0.15, 0.2) is 12.1 Å². The molecule has 2 aromatic rings. The number of fused-ring (bicyclic) bond motifs is 2. The number of carbonyl (C=O) groups is 3. The Hall–Kier alpha value is -3.35. The van der Waals surface area contributed by atoms with E-state index in [9.17, 15) is 39.9 Å². The van der Waals surface area contributed by atoms with Gasteiger partial charge in [-0.25, -0.2) is 0 Å². The van der Waals surface area contributed by atoms with Gasteiger partial charge in [0.1, 0.15) is 35.6 Å². The molecule has 1 fully saturated rings. The normalized spacial score (nSPS) is 23.9. The first-order valence-corrected chi connectivity index (χ1v) is 13.2. The number of hydrogen-bond donors (Lipinski definition) is 5. The van der Waals surface area contributed by atoms with Gasteiger partial charge in [-0.05, 0) is 44.4 Å². The number of aromatic hydroxyl groups is 1. The third-order valence-corrected chi connectivity index (χ3v) is 7.38. The molecule has 216 valence electrons. The molecule has 1 saturated heterocycles. The maximum Gasteiger partial charge on any atom is 0.308 e. The molecule has 4 rings (SSSR count). The largest absolute Gasteiger partial charge is 0.507 e. The summed E-state index contributed by atoms with van der Waals surface area (Å²) in [6.07, 6.45) is -4.44. The monoisotopic (exact) mass is 558 g/mol. The predicted octanol–water partition coefficient (Wildman–Crippen LogP) is 1.83. The Morgan fingerprint density at radius 2 is 1.70 bits per heavy atom. The number of esters is 1. The van der Waals surface area contributed by atoms with Gasteiger partial charge in [0.15, 0.2) is 11.6 Å². The first-order chi connectivity index (χ1) is 18.9. The van der Waals surface area contributed by atoms with Crippen molar-refractivity contribution < 1.29 is 54.1 Å². The molecule has 11 nitrogen and oxygen atoms in total. The topological polar surface area (TPSA) is 180 Å². The second kappa shape index (κ2) is 11.6. The standard InChI is InChI=1S/C29H34O11/c1-5-6-7-8-17-20-21(22(32)12(2)28(17)40-29-27(37)26(36)23(33)13(3)38-29)25(35)19-15(11-30)9-16(39-14(4)31)10-18(19)24(20)34/h9-10,13,23,26-27,29-30,32-33,36-37H,5-8,11H2,1-4H3/t13-,23+,26+,27+,29+/m0/s1. The summed E-state index contributed by atoms with van der Waals surface area (Å²) in [5.41, 5.74) is -0.0745. The highest BCUT2D eigenvalue weighted by Crippen LogP contribution is 2.45. The molecule has 0 spiro atoms. The number of carbonyl (C=O) groups excluding carboxylic acids is 3. The molecular weight excluding hydrogens is 524 g/mol. The second-order valence-electron chi connectivity index (χ2n) is 10.2. The van der Waals surface area contributed by atoms with Crippen LogP contribution in [-0.2, 0) is 22.6 Å². The number of phenolic OH excluding ortho intramolecular Hbond substituents is 1. The summed E-state index contributed by atoms with van der Waals surface area (Å²) in [5.74, 6) is -2.52. The Labute approximate surface area is 230 Å². The maximum atomic E-state index is 14.0. The molecule has 5 N–H and O–H groups in total. The van der Waals surface area contributed by atoms with Crippen molar-refractivity contribution in [3.8, 4) is 17.2 Å². The quantitative estimate of drug-likeness (QED) is 0.155. The molecule has 0 saturated carbocycles. The summed E-state index contributed by atoms with van der Waals surface area (Å²) in [5, 5.41) is 52.1. The van der Waals surface area contributed by atoms with Crippen molar-refractivity contribution in [3.63, 3.8) is 0 Å². The lowest BCUT2D eigenvalue weighted by Crippen LogP contribution is -2.58. The Kier molecular flexibility index (Phi) is 8.62. The first kappa shape index (κ1) is 29.6. The molecule has 0 aromatic heterocycles. The van der Waals surface area contributed by atoms with Crippen molar-refractivity contribution in [2.75, 3.05) is 0 Å². The van der Waals surface area contributed by atoms with Crippen LogP contribution in [0.4, 0.5) is 0 Å². The Balaban J connectivity index is 1.92. The lowest BCUT2D eigenvalue weighted by molar-refractivity contribution is -0.268. The highest BCUT2D eigenvalue weighted by molar-refractivity contribution is 6.30. The summed E-state index contributed by atoms with van der Waals surface area (Å²) in [4.78, 5) is 39.4. The van der Waals surface area contributed by atoms with Gasteiger partial charge >= 0.3 is 5.97 Å². The van der Waals surface area contributed by atoms with Crippen LogP contribution in [0.1, 0.15) is 88.6 Å². The van der Waals surface area contributed by atoms with Crippen LogP contribution in [-0.4, -0.2) is 73.8 Å². The van der Waals surface area contributed by atoms with Crippen LogP contribution in [0, 0.1) is 6.92 Å². The van der Waals surface area contributed by atoms with Gasteiger partial charge < -0.3 is 39.7 Å². The molecular formula is C29H34O11. The minimum absolute atomic E-state index is 0.00955. The molecule has 1 aliphatic carbocycles. The number of rotatable bonds is 8. The molecule has 11 heteroatoms. The number of phenols is 1. The predicted molar refractivity (Wildman–Crippen MR) is 140 cm³/mol. The number of ketones is 2. The Bertz CT molecular complexity index is 1350. The van der Waals surface area contributed by atoms with Gasteiger partial charge in [-0.2, -0.15) is 0 Å². The Morgan fingerprint density at radius 1 is 1.00 bits per heavy atom. The van der Waals surface area contributed by atoms with E-state index in [1.807, 2.05) is 6.92 Å². The fourth-order valence-electron chi connectivity index (χ4n) is 5.28. The van der Waals surface area contributed by atoms with Crippen molar-refractivity contribution in [1.82, 2.24) is 0 Å². The fourth-order valence-corrected chi connectivity index (χ4v) is 5.28. The van der Waals surface area contributed by atoms with E-state index in [1.165, 1.54) is 32.9 Å². The number of benzene rings is 2. The summed E-state index contributed by atoms with van der Waals surface area (Å²) in [6.45, 7) is 5.53. The molecule has 40 heavy (non-hydrogen) atoms.